The third-order valence-corrected chi connectivity index (χ3v) is 7.07. The molecule has 1 atom stereocenters. The van der Waals surface area contributed by atoms with Gasteiger partial charge < -0.3 is 14.5 Å². The smallest absolute Gasteiger partial charge is 0.255 e. The van der Waals surface area contributed by atoms with E-state index in [1.165, 1.54) is 11.6 Å². The van der Waals surface area contributed by atoms with Crippen molar-refractivity contribution in [1.29, 1.82) is 0 Å². The van der Waals surface area contributed by atoms with E-state index in [2.05, 4.69) is 26.9 Å². The average molecular weight is 489 g/mol. The van der Waals surface area contributed by atoms with Crippen LogP contribution in [0.25, 0.3) is 0 Å². The maximum absolute atomic E-state index is 14.1. The van der Waals surface area contributed by atoms with E-state index < -0.39 is 0 Å². The zero-order chi connectivity index (χ0) is 24.7. The molecule has 0 aliphatic carbocycles. The van der Waals surface area contributed by atoms with Crippen LogP contribution >= 0.6 is 0 Å². The number of pyridine rings is 1. The molecule has 36 heavy (non-hydrogen) atoms. The molecule has 0 bridgehead atoms. The number of hydrogen-bond donors (Lipinski definition) is 0. The molecule has 2 saturated heterocycles. The fraction of sp³-hybridized carbons (Fsp3) is 0.379. The van der Waals surface area contributed by atoms with Gasteiger partial charge in [0.2, 0.25) is 0 Å². The van der Waals surface area contributed by atoms with Crippen LogP contribution in [0.1, 0.15) is 28.8 Å². The van der Waals surface area contributed by atoms with Crippen LogP contribution in [-0.2, 0) is 6.54 Å². The fourth-order valence-corrected chi connectivity index (χ4v) is 5.12. The van der Waals surface area contributed by atoms with Crippen LogP contribution in [0.2, 0.25) is 0 Å². The molecular weight excluding hydrogens is 455 g/mol. The Kier molecular flexibility index (Phi) is 7.76. The summed E-state index contributed by atoms with van der Waals surface area (Å²) in [6, 6.07) is 18.9. The Morgan fingerprint density at radius 3 is 2.67 bits per heavy atom. The molecule has 1 amide bonds. The van der Waals surface area contributed by atoms with Gasteiger partial charge in [-0.15, -0.1) is 0 Å². The maximum Gasteiger partial charge on any atom is 0.255 e. The van der Waals surface area contributed by atoms with Gasteiger partial charge in [-0.2, -0.15) is 0 Å². The predicted molar refractivity (Wildman–Crippen MR) is 139 cm³/mol. The van der Waals surface area contributed by atoms with Gasteiger partial charge in [0.15, 0.2) is 0 Å². The molecule has 3 heterocycles. The predicted octanol–water partition coefficient (Wildman–Crippen LogP) is 4.47. The second kappa shape index (κ2) is 11.5. The number of hydrogen-bond acceptors (Lipinski definition) is 5. The molecule has 3 aromatic rings. The van der Waals surface area contributed by atoms with E-state index in [-0.39, 0.29) is 11.7 Å². The molecule has 6 nitrogen and oxygen atoms in total. The first-order valence-corrected chi connectivity index (χ1v) is 12.8. The molecule has 5 rings (SSSR count). The van der Waals surface area contributed by atoms with Crippen molar-refractivity contribution >= 4 is 11.6 Å². The lowest BCUT2D eigenvalue weighted by Gasteiger charge is -2.36. The lowest BCUT2D eigenvalue weighted by atomic mass is 9.98. The highest BCUT2D eigenvalue weighted by atomic mass is 19.1. The minimum Gasteiger partial charge on any atom is -0.493 e. The number of para-hydroxylation sites is 1. The van der Waals surface area contributed by atoms with E-state index in [9.17, 15) is 9.18 Å². The summed E-state index contributed by atoms with van der Waals surface area (Å²) in [5.41, 5.74) is 2.54. The topological polar surface area (TPSA) is 48.9 Å². The number of amides is 1. The highest BCUT2D eigenvalue weighted by molar-refractivity contribution is 5.93. The third kappa shape index (κ3) is 6.02. The Bertz CT molecular complexity index is 1150. The van der Waals surface area contributed by atoms with Crippen molar-refractivity contribution in [2.75, 3.05) is 50.8 Å². The number of carbonyl (C=O) groups is 1. The Labute approximate surface area is 212 Å². The number of piperazine rings is 1. The fourth-order valence-electron chi connectivity index (χ4n) is 5.12. The number of aromatic nitrogens is 1. The van der Waals surface area contributed by atoms with E-state index in [4.69, 9.17) is 4.74 Å². The Balaban J connectivity index is 1.10. The lowest BCUT2D eigenvalue weighted by molar-refractivity contribution is 0.0633. The van der Waals surface area contributed by atoms with Crippen LogP contribution in [0.3, 0.4) is 0 Å². The molecule has 2 aliphatic heterocycles. The van der Waals surface area contributed by atoms with Gasteiger partial charge >= 0.3 is 0 Å². The number of carbonyl (C=O) groups excluding carboxylic acids is 1. The largest absolute Gasteiger partial charge is 0.493 e. The van der Waals surface area contributed by atoms with Crippen molar-refractivity contribution < 1.29 is 13.9 Å². The van der Waals surface area contributed by atoms with Crippen molar-refractivity contribution in [1.82, 2.24) is 14.8 Å². The molecule has 188 valence electrons. The van der Waals surface area contributed by atoms with Gasteiger partial charge in [-0.1, -0.05) is 24.3 Å². The molecule has 2 aliphatic rings. The molecule has 2 fully saturated rings. The minimum atomic E-state index is -0.154. The summed E-state index contributed by atoms with van der Waals surface area (Å²) in [5, 5.41) is 0. The van der Waals surface area contributed by atoms with Crippen LogP contribution in [0.15, 0.2) is 73.1 Å². The van der Waals surface area contributed by atoms with E-state index in [1.54, 1.807) is 24.5 Å². The highest BCUT2D eigenvalue weighted by Crippen LogP contribution is 2.23. The maximum atomic E-state index is 14.1. The van der Waals surface area contributed by atoms with Gasteiger partial charge in [0, 0.05) is 64.1 Å². The molecule has 1 aromatic heterocycles. The van der Waals surface area contributed by atoms with Gasteiger partial charge in [0.05, 0.1) is 17.9 Å². The standard InChI is InChI=1S/C29H33FN4O2/c30-27-10-1-2-11-28(27)33-16-14-32(15-17-33)20-23-6-3-9-26(18-23)36-22-24-7-5-13-34(21-24)29(35)25-8-4-12-31-19-25/h1-4,6,8-12,18-19,24H,5,7,13-17,20-22H2/t24-/m0/s1. The van der Waals surface area contributed by atoms with E-state index in [0.717, 1.165) is 57.9 Å². The minimum absolute atomic E-state index is 0.0462. The number of likely N-dealkylation sites (tertiary alicyclic amines) is 1. The Hall–Kier alpha value is -3.45. The van der Waals surface area contributed by atoms with Gasteiger partial charge in [-0.3, -0.25) is 14.7 Å². The number of ether oxygens (including phenoxy) is 1. The summed E-state index contributed by atoms with van der Waals surface area (Å²) < 4.78 is 20.3. The quantitative estimate of drug-likeness (QED) is 0.491. The molecule has 2 aromatic carbocycles. The van der Waals surface area contributed by atoms with Gasteiger partial charge in [-0.05, 0) is 54.8 Å². The number of benzene rings is 2. The van der Waals surface area contributed by atoms with E-state index >= 15 is 0 Å². The molecule has 0 N–H and O–H groups in total. The van der Waals surface area contributed by atoms with Crippen LogP contribution in [0.4, 0.5) is 10.1 Å². The summed E-state index contributed by atoms with van der Waals surface area (Å²) in [6.45, 7) is 6.34. The Morgan fingerprint density at radius 1 is 1.00 bits per heavy atom. The summed E-state index contributed by atoms with van der Waals surface area (Å²) >= 11 is 0. The Morgan fingerprint density at radius 2 is 1.86 bits per heavy atom. The molecule has 0 spiro atoms. The number of halogens is 1. The summed E-state index contributed by atoms with van der Waals surface area (Å²) in [6.07, 6.45) is 5.36. The summed E-state index contributed by atoms with van der Waals surface area (Å²) in [4.78, 5) is 23.3. The molecule has 0 saturated carbocycles. The molecule has 7 heteroatoms. The number of nitrogens with zero attached hydrogens (tertiary/aromatic N) is 4. The zero-order valence-electron chi connectivity index (χ0n) is 20.6. The zero-order valence-corrected chi connectivity index (χ0v) is 20.6. The van der Waals surface area contributed by atoms with Crippen LogP contribution < -0.4 is 9.64 Å². The lowest BCUT2D eigenvalue weighted by Crippen LogP contribution is -2.46. The molecular formula is C29H33FN4O2. The van der Waals surface area contributed by atoms with Crippen molar-refractivity contribution in [2.45, 2.75) is 19.4 Å². The van der Waals surface area contributed by atoms with Gasteiger partial charge in [0.1, 0.15) is 11.6 Å². The van der Waals surface area contributed by atoms with Gasteiger partial charge in [0.25, 0.3) is 5.91 Å². The van der Waals surface area contributed by atoms with Crippen LogP contribution in [0.5, 0.6) is 5.75 Å². The highest BCUT2D eigenvalue weighted by Gasteiger charge is 2.25. The van der Waals surface area contributed by atoms with Crippen molar-refractivity contribution in [3.63, 3.8) is 0 Å². The third-order valence-electron chi connectivity index (χ3n) is 7.07. The van der Waals surface area contributed by atoms with Crippen LogP contribution in [0, 0.1) is 11.7 Å². The first-order chi connectivity index (χ1) is 17.7. The first kappa shape index (κ1) is 24.3. The van der Waals surface area contributed by atoms with Crippen molar-refractivity contribution in [3.05, 3.63) is 90.0 Å². The average Bonchev–Trinajstić information content (AvgIpc) is 2.93. The number of anilines is 1. The van der Waals surface area contributed by atoms with E-state index in [1.807, 2.05) is 35.2 Å². The summed E-state index contributed by atoms with van der Waals surface area (Å²) in [5.74, 6) is 1.07. The monoisotopic (exact) mass is 488 g/mol. The van der Waals surface area contributed by atoms with Crippen molar-refractivity contribution in [3.8, 4) is 5.75 Å². The van der Waals surface area contributed by atoms with E-state index in [0.29, 0.717) is 30.3 Å². The number of piperidine rings is 1. The van der Waals surface area contributed by atoms with Gasteiger partial charge in [-0.25, -0.2) is 4.39 Å². The van der Waals surface area contributed by atoms with Crippen LogP contribution in [-0.4, -0.2) is 66.6 Å². The SMILES string of the molecule is O=C(c1cccnc1)N1CCC[C@H](COc2cccc(CN3CCN(c4ccccc4F)CC3)c2)C1. The van der Waals surface area contributed by atoms with Crippen molar-refractivity contribution in [2.24, 2.45) is 5.92 Å². The molecule has 0 unspecified atom stereocenters. The summed E-state index contributed by atoms with van der Waals surface area (Å²) in [7, 11) is 0. The number of rotatable bonds is 7. The second-order valence-electron chi connectivity index (χ2n) is 9.67. The normalized spacial score (nSPS) is 18.8. The second-order valence-corrected chi connectivity index (χ2v) is 9.67. The molecule has 0 radical (unpaired) electrons. The first-order valence-electron chi connectivity index (χ1n) is 12.8.